The van der Waals surface area contributed by atoms with Crippen LogP contribution in [0.1, 0.15) is 20.7 Å². The molecule has 3 aromatic rings. The lowest BCUT2D eigenvalue weighted by Gasteiger charge is -2.11. The number of carboxylic acids is 2. The molecule has 104 valence electrons. The smallest absolute Gasteiger partial charge is 0.338 e. The third-order valence-corrected chi connectivity index (χ3v) is 3.46. The van der Waals surface area contributed by atoms with Crippen molar-refractivity contribution in [2.75, 3.05) is 5.73 Å². The first-order chi connectivity index (χ1) is 9.99. The Morgan fingerprint density at radius 1 is 0.810 bits per heavy atom. The minimum Gasteiger partial charge on any atom is -0.478 e. The molecular formula is C16H11NO4. The second-order valence-electron chi connectivity index (χ2n) is 4.75. The number of carbonyl (C=O) groups is 2. The number of nitrogen functional groups attached to an aromatic ring is 1. The van der Waals surface area contributed by atoms with Gasteiger partial charge in [-0.2, -0.15) is 0 Å². The third-order valence-electron chi connectivity index (χ3n) is 3.46. The zero-order valence-corrected chi connectivity index (χ0v) is 10.8. The van der Waals surface area contributed by atoms with E-state index in [4.69, 9.17) is 5.73 Å². The maximum Gasteiger partial charge on any atom is 0.338 e. The van der Waals surface area contributed by atoms with E-state index in [2.05, 4.69) is 0 Å². The Hall–Kier alpha value is -3.08. The molecule has 0 amide bonds. The molecule has 0 radical (unpaired) electrons. The summed E-state index contributed by atoms with van der Waals surface area (Å²) in [6.45, 7) is 0. The van der Waals surface area contributed by atoms with Gasteiger partial charge in [-0.25, -0.2) is 9.59 Å². The summed E-state index contributed by atoms with van der Waals surface area (Å²) in [5.74, 6) is -2.65. The van der Waals surface area contributed by atoms with Gasteiger partial charge in [-0.05, 0) is 39.7 Å². The lowest BCUT2D eigenvalue weighted by molar-refractivity contribution is 0.0654. The minimum atomic E-state index is -1.35. The van der Waals surface area contributed by atoms with Crippen molar-refractivity contribution in [2.24, 2.45) is 0 Å². The summed E-state index contributed by atoms with van der Waals surface area (Å²) in [6, 6.07) is 12.4. The van der Waals surface area contributed by atoms with Gasteiger partial charge in [-0.15, -0.1) is 0 Å². The van der Waals surface area contributed by atoms with Crippen LogP contribution in [-0.4, -0.2) is 22.2 Å². The molecule has 3 rings (SSSR count). The van der Waals surface area contributed by atoms with Crippen LogP contribution in [0.4, 0.5) is 5.69 Å². The lowest BCUT2D eigenvalue weighted by Crippen LogP contribution is -2.12. The summed E-state index contributed by atoms with van der Waals surface area (Å²) in [5, 5.41) is 21.4. The van der Waals surface area contributed by atoms with Crippen molar-refractivity contribution in [1.29, 1.82) is 0 Å². The Labute approximate surface area is 119 Å². The number of hydrogen-bond acceptors (Lipinski definition) is 3. The zero-order chi connectivity index (χ0) is 15.1. The second-order valence-corrected chi connectivity index (χ2v) is 4.75. The van der Waals surface area contributed by atoms with Crippen molar-refractivity contribution in [3.63, 3.8) is 0 Å². The number of carboxylic acid groups (broad SMARTS) is 2. The average molecular weight is 281 g/mol. The van der Waals surface area contributed by atoms with Crippen LogP contribution in [-0.2, 0) is 0 Å². The first-order valence-electron chi connectivity index (χ1n) is 6.20. The monoisotopic (exact) mass is 281 g/mol. The fraction of sp³-hybridized carbons (Fsp3) is 0. The number of aromatic carboxylic acids is 2. The summed E-state index contributed by atoms with van der Waals surface area (Å²) < 4.78 is 0. The quantitative estimate of drug-likeness (QED) is 0.495. The summed E-state index contributed by atoms with van der Waals surface area (Å²) in [6.07, 6.45) is 0. The van der Waals surface area contributed by atoms with E-state index in [1.165, 1.54) is 6.07 Å². The fourth-order valence-electron chi connectivity index (χ4n) is 2.57. The molecule has 0 aromatic heterocycles. The largest absolute Gasteiger partial charge is 0.478 e. The topological polar surface area (TPSA) is 101 Å². The van der Waals surface area contributed by atoms with Crippen LogP contribution in [0, 0.1) is 0 Å². The Balaban J connectivity index is 2.54. The van der Waals surface area contributed by atoms with E-state index in [-0.39, 0.29) is 16.8 Å². The van der Waals surface area contributed by atoms with Crippen molar-refractivity contribution >= 4 is 39.2 Å². The molecule has 5 heteroatoms. The van der Waals surface area contributed by atoms with Crippen molar-refractivity contribution in [2.45, 2.75) is 0 Å². The van der Waals surface area contributed by atoms with E-state index >= 15 is 0 Å². The fourth-order valence-corrected chi connectivity index (χ4v) is 2.57. The second kappa shape index (κ2) is 4.49. The van der Waals surface area contributed by atoms with Gasteiger partial charge in [0.15, 0.2) is 0 Å². The number of nitrogens with two attached hydrogens (primary N) is 1. The van der Waals surface area contributed by atoms with Crippen LogP contribution in [0.3, 0.4) is 0 Å². The highest BCUT2D eigenvalue weighted by atomic mass is 16.4. The number of benzene rings is 3. The maximum atomic E-state index is 11.5. The predicted octanol–water partition coefficient (Wildman–Crippen LogP) is 2.97. The maximum absolute atomic E-state index is 11.5. The first-order valence-corrected chi connectivity index (χ1v) is 6.20. The van der Waals surface area contributed by atoms with Gasteiger partial charge in [0.05, 0.1) is 11.1 Å². The molecule has 0 aliphatic carbocycles. The van der Waals surface area contributed by atoms with E-state index in [1.54, 1.807) is 12.1 Å². The molecule has 0 unspecified atom stereocenters. The molecule has 0 fully saturated rings. The highest BCUT2D eigenvalue weighted by Gasteiger charge is 2.22. The third kappa shape index (κ3) is 1.95. The number of rotatable bonds is 2. The van der Waals surface area contributed by atoms with Crippen molar-refractivity contribution in [3.05, 3.63) is 53.6 Å². The summed E-state index contributed by atoms with van der Waals surface area (Å²) in [7, 11) is 0. The highest BCUT2D eigenvalue weighted by Crippen LogP contribution is 2.31. The lowest BCUT2D eigenvalue weighted by atomic mass is 9.94. The summed E-state index contributed by atoms with van der Waals surface area (Å²) in [5.41, 5.74) is 5.03. The van der Waals surface area contributed by atoms with Gasteiger partial charge in [0.25, 0.3) is 0 Å². The van der Waals surface area contributed by atoms with Gasteiger partial charge in [0, 0.05) is 5.69 Å². The van der Waals surface area contributed by atoms with Crippen LogP contribution in [0.15, 0.2) is 42.5 Å². The molecule has 0 aliphatic heterocycles. The van der Waals surface area contributed by atoms with E-state index in [1.807, 2.05) is 24.3 Å². The molecule has 0 heterocycles. The Bertz CT molecular complexity index is 915. The molecule has 0 saturated heterocycles. The molecule has 21 heavy (non-hydrogen) atoms. The van der Waals surface area contributed by atoms with E-state index in [9.17, 15) is 19.8 Å². The number of anilines is 1. The Kier molecular flexibility index (Phi) is 2.76. The van der Waals surface area contributed by atoms with Crippen molar-refractivity contribution in [1.82, 2.24) is 0 Å². The average Bonchev–Trinajstić information content (AvgIpc) is 2.43. The Morgan fingerprint density at radius 3 is 1.95 bits per heavy atom. The van der Waals surface area contributed by atoms with Crippen LogP contribution in [0.2, 0.25) is 0 Å². The SMILES string of the molecule is Nc1cc2cc3ccccc3cc2c(C(=O)O)c1C(=O)O. The van der Waals surface area contributed by atoms with Gasteiger partial charge in [0.1, 0.15) is 0 Å². The molecule has 0 atom stereocenters. The van der Waals surface area contributed by atoms with Crippen molar-refractivity contribution < 1.29 is 19.8 Å². The van der Waals surface area contributed by atoms with Gasteiger partial charge in [0.2, 0.25) is 0 Å². The molecule has 0 bridgehead atoms. The molecule has 0 spiro atoms. The summed E-state index contributed by atoms with van der Waals surface area (Å²) >= 11 is 0. The van der Waals surface area contributed by atoms with E-state index in [0.29, 0.717) is 10.8 Å². The van der Waals surface area contributed by atoms with Crippen LogP contribution >= 0.6 is 0 Å². The molecule has 0 aliphatic rings. The standard InChI is InChI=1S/C16H11NO4/c17-12-7-10-5-8-3-1-2-4-9(8)6-11(10)13(15(18)19)14(12)16(20)21/h1-7H,17H2,(H,18,19)(H,20,21). The molecule has 3 aromatic carbocycles. The molecule has 0 saturated carbocycles. The van der Waals surface area contributed by atoms with Crippen LogP contribution in [0.25, 0.3) is 21.5 Å². The van der Waals surface area contributed by atoms with Gasteiger partial charge >= 0.3 is 11.9 Å². The molecule has 5 nitrogen and oxygen atoms in total. The predicted molar refractivity (Wildman–Crippen MR) is 79.8 cm³/mol. The normalized spacial score (nSPS) is 10.9. The van der Waals surface area contributed by atoms with E-state index < -0.39 is 11.9 Å². The highest BCUT2D eigenvalue weighted by molar-refractivity contribution is 6.17. The van der Waals surface area contributed by atoms with E-state index in [0.717, 1.165) is 10.8 Å². The van der Waals surface area contributed by atoms with Crippen LogP contribution in [0.5, 0.6) is 0 Å². The zero-order valence-electron chi connectivity index (χ0n) is 10.8. The van der Waals surface area contributed by atoms with Crippen LogP contribution < -0.4 is 5.73 Å². The minimum absolute atomic E-state index is 0.0531. The number of hydrogen-bond donors (Lipinski definition) is 3. The Morgan fingerprint density at radius 2 is 1.38 bits per heavy atom. The van der Waals surface area contributed by atoms with Gasteiger partial charge in [-0.1, -0.05) is 24.3 Å². The number of fused-ring (bicyclic) bond motifs is 2. The molecular weight excluding hydrogens is 270 g/mol. The van der Waals surface area contributed by atoms with Crippen molar-refractivity contribution in [3.8, 4) is 0 Å². The molecule has 4 N–H and O–H groups in total. The first kappa shape index (κ1) is 12.9. The van der Waals surface area contributed by atoms with Gasteiger partial charge < -0.3 is 15.9 Å². The van der Waals surface area contributed by atoms with Gasteiger partial charge in [-0.3, -0.25) is 0 Å². The summed E-state index contributed by atoms with van der Waals surface area (Å²) in [4.78, 5) is 22.8.